The van der Waals surface area contributed by atoms with Gasteiger partial charge in [-0.3, -0.25) is 9.48 Å². The summed E-state index contributed by atoms with van der Waals surface area (Å²) in [4.78, 5) is 12.0. The smallest absolute Gasteiger partial charge is 0.283 e. The number of nitrogens with zero attached hydrogens (tertiary/aromatic N) is 4. The largest absolute Gasteiger partial charge is 0.377 e. The van der Waals surface area contributed by atoms with Gasteiger partial charge in [-0.25, -0.2) is 4.68 Å². The summed E-state index contributed by atoms with van der Waals surface area (Å²) in [6.07, 6.45) is 4.28. The monoisotopic (exact) mass is 325 g/mol. The van der Waals surface area contributed by atoms with Gasteiger partial charge in [-0.05, 0) is 28.4 Å². The molecular weight excluding hydrogens is 310 g/mol. The molecule has 2 aromatic rings. The van der Waals surface area contributed by atoms with Gasteiger partial charge in [0.1, 0.15) is 4.47 Å². The standard InChI is InChI=1S/C12H16BrN5O/c1-3-6-18-12(19)11(13)10(8-16-18)14-7-9-4-5-15-17(9)2/h4-5,8,14H,3,6-7H2,1-2H3. The molecule has 0 aliphatic heterocycles. The molecule has 0 fully saturated rings. The van der Waals surface area contributed by atoms with Crippen LogP contribution >= 0.6 is 15.9 Å². The number of hydrogen-bond donors (Lipinski definition) is 1. The Kier molecular flexibility index (Phi) is 4.36. The third-order valence-electron chi connectivity index (χ3n) is 2.80. The lowest BCUT2D eigenvalue weighted by atomic mass is 10.4. The zero-order valence-corrected chi connectivity index (χ0v) is 12.5. The van der Waals surface area contributed by atoms with E-state index >= 15 is 0 Å². The van der Waals surface area contributed by atoms with Crippen LogP contribution in [0.2, 0.25) is 0 Å². The lowest BCUT2D eigenvalue weighted by Gasteiger charge is -2.10. The first kappa shape index (κ1) is 13.8. The van der Waals surface area contributed by atoms with Crippen LogP contribution in [0.5, 0.6) is 0 Å². The van der Waals surface area contributed by atoms with Gasteiger partial charge in [0.05, 0.1) is 24.1 Å². The average molecular weight is 326 g/mol. The molecule has 2 aromatic heterocycles. The molecule has 0 aliphatic carbocycles. The maximum absolute atomic E-state index is 12.0. The molecule has 0 saturated carbocycles. The number of aryl methyl sites for hydroxylation is 2. The van der Waals surface area contributed by atoms with Crippen molar-refractivity contribution in [2.45, 2.75) is 26.4 Å². The first-order chi connectivity index (χ1) is 9.13. The van der Waals surface area contributed by atoms with E-state index in [1.807, 2.05) is 20.0 Å². The second kappa shape index (κ2) is 6.01. The van der Waals surface area contributed by atoms with E-state index in [1.54, 1.807) is 17.1 Å². The maximum atomic E-state index is 12.0. The number of hydrogen-bond acceptors (Lipinski definition) is 4. The zero-order chi connectivity index (χ0) is 13.8. The summed E-state index contributed by atoms with van der Waals surface area (Å²) < 4.78 is 3.75. The minimum absolute atomic E-state index is 0.114. The van der Waals surface area contributed by atoms with Gasteiger partial charge in [-0.1, -0.05) is 6.92 Å². The van der Waals surface area contributed by atoms with Gasteiger partial charge in [0.25, 0.3) is 5.56 Å². The molecule has 19 heavy (non-hydrogen) atoms. The van der Waals surface area contributed by atoms with Gasteiger partial charge in [0.15, 0.2) is 0 Å². The van der Waals surface area contributed by atoms with Gasteiger partial charge < -0.3 is 5.32 Å². The van der Waals surface area contributed by atoms with Crippen LogP contribution < -0.4 is 10.9 Å². The Balaban J connectivity index is 2.16. The van der Waals surface area contributed by atoms with E-state index < -0.39 is 0 Å². The summed E-state index contributed by atoms with van der Waals surface area (Å²) >= 11 is 3.33. The van der Waals surface area contributed by atoms with Gasteiger partial charge in [0, 0.05) is 19.8 Å². The second-order valence-corrected chi connectivity index (χ2v) is 4.99. The highest BCUT2D eigenvalue weighted by Crippen LogP contribution is 2.17. The zero-order valence-electron chi connectivity index (χ0n) is 10.9. The van der Waals surface area contributed by atoms with Crippen LogP contribution in [0, 0.1) is 0 Å². The van der Waals surface area contributed by atoms with Crippen molar-refractivity contribution < 1.29 is 0 Å². The molecule has 2 rings (SSSR count). The van der Waals surface area contributed by atoms with Crippen LogP contribution in [0.3, 0.4) is 0 Å². The van der Waals surface area contributed by atoms with Crippen molar-refractivity contribution in [2.75, 3.05) is 5.32 Å². The molecule has 2 heterocycles. The van der Waals surface area contributed by atoms with Gasteiger partial charge >= 0.3 is 0 Å². The number of rotatable bonds is 5. The molecule has 0 spiro atoms. The SMILES string of the molecule is CCCn1ncc(NCc2ccnn2C)c(Br)c1=O. The number of aromatic nitrogens is 4. The van der Waals surface area contributed by atoms with Gasteiger partial charge in [0.2, 0.25) is 0 Å². The molecule has 6 nitrogen and oxygen atoms in total. The fourth-order valence-corrected chi connectivity index (χ4v) is 2.17. The van der Waals surface area contributed by atoms with Crippen molar-refractivity contribution in [3.63, 3.8) is 0 Å². The third kappa shape index (κ3) is 3.04. The Morgan fingerprint density at radius 1 is 1.42 bits per heavy atom. The number of halogens is 1. The summed E-state index contributed by atoms with van der Waals surface area (Å²) in [6, 6.07) is 1.92. The van der Waals surface area contributed by atoms with E-state index in [2.05, 4.69) is 31.4 Å². The van der Waals surface area contributed by atoms with Crippen LogP contribution in [0.4, 0.5) is 5.69 Å². The third-order valence-corrected chi connectivity index (χ3v) is 3.57. The maximum Gasteiger partial charge on any atom is 0.283 e. The molecule has 0 saturated heterocycles. The van der Waals surface area contributed by atoms with Crippen LogP contribution in [0.15, 0.2) is 27.7 Å². The highest BCUT2D eigenvalue weighted by atomic mass is 79.9. The van der Waals surface area contributed by atoms with E-state index in [0.29, 0.717) is 23.2 Å². The summed E-state index contributed by atoms with van der Waals surface area (Å²) in [5.74, 6) is 0. The Labute approximate surface area is 119 Å². The molecular formula is C12H16BrN5O. The molecule has 0 unspecified atom stereocenters. The molecule has 1 N–H and O–H groups in total. The minimum Gasteiger partial charge on any atom is -0.377 e. The average Bonchev–Trinajstić information content (AvgIpc) is 2.80. The Morgan fingerprint density at radius 2 is 2.21 bits per heavy atom. The van der Waals surface area contributed by atoms with E-state index in [9.17, 15) is 4.79 Å². The predicted molar refractivity (Wildman–Crippen MR) is 77.0 cm³/mol. The normalized spacial score (nSPS) is 10.7. The lowest BCUT2D eigenvalue weighted by molar-refractivity contribution is 0.565. The van der Waals surface area contributed by atoms with Crippen molar-refractivity contribution in [1.29, 1.82) is 0 Å². The molecule has 0 atom stereocenters. The van der Waals surface area contributed by atoms with E-state index in [-0.39, 0.29) is 5.56 Å². The molecule has 0 amide bonds. The van der Waals surface area contributed by atoms with Crippen molar-refractivity contribution in [3.8, 4) is 0 Å². The van der Waals surface area contributed by atoms with E-state index in [0.717, 1.165) is 12.1 Å². The van der Waals surface area contributed by atoms with Crippen molar-refractivity contribution in [3.05, 3.63) is 39.0 Å². The van der Waals surface area contributed by atoms with Crippen molar-refractivity contribution >= 4 is 21.6 Å². The van der Waals surface area contributed by atoms with Crippen LogP contribution in [-0.2, 0) is 20.1 Å². The minimum atomic E-state index is -0.114. The van der Waals surface area contributed by atoms with Gasteiger partial charge in [-0.15, -0.1) is 0 Å². The summed E-state index contributed by atoms with van der Waals surface area (Å²) in [7, 11) is 1.88. The fourth-order valence-electron chi connectivity index (χ4n) is 1.72. The molecule has 0 aliphatic rings. The number of anilines is 1. The first-order valence-corrected chi connectivity index (χ1v) is 6.89. The molecule has 0 radical (unpaired) electrons. The Morgan fingerprint density at radius 3 is 2.84 bits per heavy atom. The Hall–Kier alpha value is -1.63. The fraction of sp³-hybridized carbons (Fsp3) is 0.417. The van der Waals surface area contributed by atoms with Gasteiger partial charge in [-0.2, -0.15) is 10.2 Å². The Bertz CT molecular complexity index is 619. The molecule has 0 bridgehead atoms. The summed E-state index contributed by atoms with van der Waals surface area (Å²) in [6.45, 7) is 3.23. The topological polar surface area (TPSA) is 64.7 Å². The van der Waals surface area contributed by atoms with E-state index in [4.69, 9.17) is 0 Å². The number of nitrogens with one attached hydrogen (secondary N) is 1. The quantitative estimate of drug-likeness (QED) is 0.909. The summed E-state index contributed by atoms with van der Waals surface area (Å²) in [5.41, 5.74) is 1.61. The molecule has 7 heteroatoms. The highest BCUT2D eigenvalue weighted by Gasteiger charge is 2.08. The first-order valence-electron chi connectivity index (χ1n) is 6.10. The van der Waals surface area contributed by atoms with E-state index in [1.165, 1.54) is 4.68 Å². The van der Waals surface area contributed by atoms with Crippen molar-refractivity contribution in [2.24, 2.45) is 7.05 Å². The van der Waals surface area contributed by atoms with Crippen molar-refractivity contribution in [1.82, 2.24) is 19.6 Å². The van der Waals surface area contributed by atoms with Crippen LogP contribution in [0.1, 0.15) is 19.0 Å². The predicted octanol–water partition coefficient (Wildman–Crippen LogP) is 1.76. The lowest BCUT2D eigenvalue weighted by Crippen LogP contribution is -2.24. The second-order valence-electron chi connectivity index (χ2n) is 4.20. The van der Waals surface area contributed by atoms with Crippen LogP contribution in [-0.4, -0.2) is 19.6 Å². The van der Waals surface area contributed by atoms with Crippen LogP contribution in [0.25, 0.3) is 0 Å². The summed E-state index contributed by atoms with van der Waals surface area (Å²) in [5, 5.41) is 11.4. The highest BCUT2D eigenvalue weighted by molar-refractivity contribution is 9.10. The molecule has 102 valence electrons. The molecule has 0 aromatic carbocycles.